The van der Waals surface area contributed by atoms with Gasteiger partial charge in [-0.2, -0.15) is 0 Å². The van der Waals surface area contributed by atoms with Gasteiger partial charge in [0.2, 0.25) is 0 Å². The van der Waals surface area contributed by atoms with Crippen molar-refractivity contribution in [2.75, 3.05) is 0 Å². The van der Waals surface area contributed by atoms with Gasteiger partial charge in [-0.25, -0.2) is 0 Å². The van der Waals surface area contributed by atoms with Crippen molar-refractivity contribution in [3.05, 3.63) is 78.8 Å². The number of hydrogen-bond donors (Lipinski definition) is 0. The number of benzene rings is 3. The monoisotopic (exact) mass is 247 g/mol. The summed E-state index contributed by atoms with van der Waals surface area (Å²) in [5.41, 5.74) is 2.27. The van der Waals surface area contributed by atoms with Gasteiger partial charge in [0.05, 0.1) is 16.5 Å². The summed E-state index contributed by atoms with van der Waals surface area (Å²) >= 11 is 0. The summed E-state index contributed by atoms with van der Waals surface area (Å²) in [6.45, 7) is 0. The van der Waals surface area contributed by atoms with E-state index in [9.17, 15) is 0 Å². The van der Waals surface area contributed by atoms with Crippen LogP contribution in [0.25, 0.3) is 27.5 Å². The minimum Gasteiger partial charge on any atom is -0.309 e. The fourth-order valence-corrected chi connectivity index (χ4v) is 2.51. The first-order valence-electron chi connectivity index (χ1n) is 8.16. The molecule has 90 valence electrons. The molecule has 19 heavy (non-hydrogen) atoms. The highest BCUT2D eigenvalue weighted by atomic mass is 15.0. The Hall–Kier alpha value is -2.54. The van der Waals surface area contributed by atoms with Crippen LogP contribution in [0.1, 0.15) is 5.48 Å². The molecule has 0 radical (unpaired) electrons. The molecular weight excluding hydrogens is 230 g/mol. The highest BCUT2D eigenvalue weighted by Crippen LogP contribution is 2.31. The molecule has 0 aliphatic rings. The van der Waals surface area contributed by atoms with Crippen molar-refractivity contribution in [1.29, 1.82) is 0 Å². The lowest BCUT2D eigenvalue weighted by atomic mass is 10.2. The van der Waals surface area contributed by atoms with Crippen molar-refractivity contribution in [3.63, 3.8) is 0 Å². The van der Waals surface area contributed by atoms with E-state index in [2.05, 4.69) is 0 Å². The first-order chi connectivity index (χ1) is 11.1. The predicted molar refractivity (Wildman–Crippen MR) is 80.8 cm³/mol. The van der Waals surface area contributed by atoms with Gasteiger partial charge in [0, 0.05) is 16.5 Å². The number of fused-ring (bicyclic) bond motifs is 3. The first-order valence-corrected chi connectivity index (χ1v) is 6.16. The zero-order valence-electron chi connectivity index (χ0n) is 14.1. The van der Waals surface area contributed by atoms with Crippen molar-refractivity contribution in [2.24, 2.45) is 0 Å². The molecule has 4 rings (SSSR count). The molecule has 0 N–H and O–H groups in total. The molecule has 1 aromatic heterocycles. The van der Waals surface area contributed by atoms with Gasteiger partial charge < -0.3 is 4.57 Å². The molecule has 0 fully saturated rings. The van der Waals surface area contributed by atoms with E-state index in [1.807, 2.05) is 59.2 Å². The Bertz CT molecular complexity index is 1050. The van der Waals surface area contributed by atoms with Gasteiger partial charge in [-0.15, -0.1) is 0 Å². The van der Waals surface area contributed by atoms with E-state index in [1.54, 1.807) is 0 Å². The van der Waals surface area contributed by atoms with E-state index in [4.69, 9.17) is 5.48 Å². The Morgan fingerprint density at radius 1 is 0.684 bits per heavy atom. The van der Waals surface area contributed by atoms with Gasteiger partial charge in [0.1, 0.15) is 0 Å². The molecule has 0 saturated carbocycles. The lowest BCUT2D eigenvalue weighted by molar-refractivity contribution is 1.18. The Balaban J connectivity index is 2.33. The summed E-state index contributed by atoms with van der Waals surface area (Å²) in [6, 6.07) is 16.9. The van der Waals surface area contributed by atoms with E-state index in [-0.39, 0.29) is 24.2 Å². The summed E-state index contributed by atoms with van der Waals surface area (Å²) in [7, 11) is 0. The average Bonchev–Trinajstić information content (AvgIpc) is 2.94. The van der Waals surface area contributed by atoms with Crippen LogP contribution in [-0.4, -0.2) is 4.57 Å². The quantitative estimate of drug-likeness (QED) is 0.456. The molecule has 3 aromatic carbocycles. The van der Waals surface area contributed by atoms with Gasteiger partial charge in [0.25, 0.3) is 0 Å². The predicted octanol–water partition coefficient (Wildman–Crippen LogP) is 4.78. The lowest BCUT2D eigenvalue weighted by Gasteiger charge is -2.06. The molecular formula is C18H13N. The average molecular weight is 247 g/mol. The molecule has 1 heteroatoms. The number of nitrogens with zero attached hydrogens (tertiary/aromatic N) is 1. The number of aromatic nitrogens is 1. The summed E-state index contributed by atoms with van der Waals surface area (Å²) < 4.78 is 34.5. The molecule has 0 bridgehead atoms. The highest BCUT2D eigenvalue weighted by molar-refractivity contribution is 6.09. The van der Waals surface area contributed by atoms with Crippen molar-refractivity contribution in [2.45, 2.75) is 0 Å². The number of para-hydroxylation sites is 3. The zero-order valence-corrected chi connectivity index (χ0v) is 10.1. The van der Waals surface area contributed by atoms with E-state index in [0.717, 1.165) is 16.6 Å². The Labute approximate surface area is 117 Å². The van der Waals surface area contributed by atoms with Gasteiger partial charge >= 0.3 is 0 Å². The van der Waals surface area contributed by atoms with Gasteiger partial charge in [-0.05, 0) is 24.2 Å². The number of rotatable bonds is 1. The normalized spacial score (nSPS) is 14.1. The maximum atomic E-state index is 8.34. The topological polar surface area (TPSA) is 4.93 Å². The van der Waals surface area contributed by atoms with Crippen LogP contribution in [0.15, 0.2) is 78.8 Å². The molecule has 0 spiro atoms. The molecule has 0 aliphatic carbocycles. The van der Waals surface area contributed by atoms with Crippen LogP contribution in [0, 0.1) is 0 Å². The van der Waals surface area contributed by atoms with Gasteiger partial charge in [-0.3, -0.25) is 0 Å². The molecule has 0 aliphatic heterocycles. The highest BCUT2D eigenvalue weighted by Gasteiger charge is 2.10. The summed E-state index contributed by atoms with van der Waals surface area (Å²) in [5.74, 6) is 0. The van der Waals surface area contributed by atoms with Crippen molar-refractivity contribution in [1.82, 2.24) is 4.57 Å². The largest absolute Gasteiger partial charge is 0.309 e. The molecule has 1 nitrogen and oxygen atoms in total. The fourth-order valence-electron chi connectivity index (χ4n) is 2.51. The second-order valence-electron chi connectivity index (χ2n) is 4.41. The molecule has 0 saturated heterocycles. The van der Waals surface area contributed by atoms with E-state index >= 15 is 0 Å². The van der Waals surface area contributed by atoms with E-state index < -0.39 is 0 Å². The molecule has 4 aromatic rings. The van der Waals surface area contributed by atoms with Crippen LogP contribution in [-0.2, 0) is 0 Å². The third-order valence-electron chi connectivity index (χ3n) is 3.32. The van der Waals surface area contributed by atoms with Crippen LogP contribution in [0.5, 0.6) is 0 Å². The van der Waals surface area contributed by atoms with Crippen LogP contribution in [0.4, 0.5) is 0 Å². The standard InChI is InChI=1S/C18H13N/c1-2-8-14(9-3-1)19-17-12-6-4-10-15(17)16-11-5-7-13-18(16)19/h1-13H/i4D,6D,10D,12D. The first kappa shape index (κ1) is 7.15. The summed E-state index contributed by atoms with van der Waals surface area (Å²) in [4.78, 5) is 0. The van der Waals surface area contributed by atoms with Crippen LogP contribution in [0.2, 0.25) is 0 Å². The number of hydrogen-bond acceptors (Lipinski definition) is 0. The van der Waals surface area contributed by atoms with E-state index in [1.165, 1.54) is 0 Å². The Morgan fingerprint density at radius 3 is 2.32 bits per heavy atom. The Morgan fingerprint density at radius 2 is 1.42 bits per heavy atom. The Kier molecular flexibility index (Phi) is 1.50. The van der Waals surface area contributed by atoms with E-state index in [0.29, 0.717) is 10.9 Å². The molecule has 0 unspecified atom stereocenters. The van der Waals surface area contributed by atoms with Crippen molar-refractivity contribution in [3.8, 4) is 5.69 Å². The van der Waals surface area contributed by atoms with Crippen molar-refractivity contribution >= 4 is 21.8 Å². The molecule has 1 heterocycles. The zero-order chi connectivity index (χ0) is 16.1. The fraction of sp³-hybridized carbons (Fsp3) is 0. The van der Waals surface area contributed by atoms with Crippen LogP contribution in [0.3, 0.4) is 0 Å². The molecule has 0 amide bonds. The van der Waals surface area contributed by atoms with Crippen LogP contribution >= 0.6 is 0 Å². The minimum atomic E-state index is -0.206. The van der Waals surface area contributed by atoms with Crippen LogP contribution < -0.4 is 0 Å². The maximum absolute atomic E-state index is 8.34. The third-order valence-corrected chi connectivity index (χ3v) is 3.32. The SMILES string of the molecule is [2H]c1c([2H])c([2H])c2c(c1[2H])c1ccccc1n2-c1ccccc1. The van der Waals surface area contributed by atoms with Crippen molar-refractivity contribution < 1.29 is 5.48 Å². The minimum absolute atomic E-state index is 0.00637. The lowest BCUT2D eigenvalue weighted by Crippen LogP contribution is -1.92. The van der Waals surface area contributed by atoms with Gasteiger partial charge in [-0.1, -0.05) is 54.5 Å². The van der Waals surface area contributed by atoms with Gasteiger partial charge in [0.15, 0.2) is 0 Å². The maximum Gasteiger partial charge on any atom is 0.0645 e. The summed E-state index contributed by atoms with van der Waals surface area (Å²) in [5, 5.41) is 1.40. The molecule has 0 atom stereocenters. The third kappa shape index (κ3) is 1.48. The second-order valence-corrected chi connectivity index (χ2v) is 4.41. The second kappa shape index (κ2) is 3.99. The smallest absolute Gasteiger partial charge is 0.0645 e. The summed E-state index contributed by atoms with van der Waals surface area (Å²) in [6.07, 6.45) is 0.